The molecule has 0 saturated carbocycles. The Kier molecular flexibility index (Phi) is 4.52. The smallest absolute Gasteiger partial charge is 0.247 e. The minimum atomic E-state index is -1.02. The average Bonchev–Trinajstić information content (AvgIpc) is 2.63. The van der Waals surface area contributed by atoms with Crippen molar-refractivity contribution in [1.29, 1.82) is 0 Å². The number of carbonyl (C=O) groups is 1. The number of likely N-dealkylation sites (tertiary alicyclic amines) is 1. The summed E-state index contributed by atoms with van der Waals surface area (Å²) in [6.45, 7) is 6.17. The first-order valence-electron chi connectivity index (χ1n) is 5.87. The summed E-state index contributed by atoms with van der Waals surface area (Å²) in [5, 5.41) is 12.1. The van der Waals surface area contributed by atoms with Crippen LogP contribution < -0.4 is 0 Å². The highest BCUT2D eigenvalue weighted by Gasteiger charge is 2.62. The van der Waals surface area contributed by atoms with Crippen LogP contribution in [0.2, 0.25) is 0 Å². The monoisotopic (exact) mass is 306 g/mol. The first kappa shape index (κ1) is 14.4. The van der Waals surface area contributed by atoms with E-state index in [1.54, 1.807) is 4.90 Å². The summed E-state index contributed by atoms with van der Waals surface area (Å²) < 4.78 is 0. The summed E-state index contributed by atoms with van der Waals surface area (Å²) in [7, 11) is 0. The summed E-state index contributed by atoms with van der Waals surface area (Å²) in [6, 6.07) is -0.317. The molecule has 1 heterocycles. The van der Waals surface area contributed by atoms with Crippen LogP contribution in [0.3, 0.4) is 0 Å². The standard InChI is InChI=1S/C11H19BrN2O3/c1-4-11(14(16)17)9(5-12)6-13(7-15)10(11)8(2)3/h7-10H,4-6H2,1-3H3. The van der Waals surface area contributed by atoms with Crippen LogP contribution >= 0.6 is 15.9 Å². The number of halogens is 1. The van der Waals surface area contributed by atoms with Crippen LogP contribution in [0.4, 0.5) is 0 Å². The second kappa shape index (κ2) is 5.33. The zero-order valence-corrected chi connectivity index (χ0v) is 12.0. The van der Waals surface area contributed by atoms with E-state index in [4.69, 9.17) is 0 Å². The quantitative estimate of drug-likeness (QED) is 0.337. The highest BCUT2D eigenvalue weighted by Crippen LogP contribution is 2.42. The third-order valence-corrected chi connectivity index (χ3v) is 4.65. The van der Waals surface area contributed by atoms with E-state index in [-0.39, 0.29) is 22.8 Å². The summed E-state index contributed by atoms with van der Waals surface area (Å²) in [5.74, 6) is -0.0466. The minimum absolute atomic E-state index is 0.0783. The molecule has 0 spiro atoms. The molecule has 17 heavy (non-hydrogen) atoms. The van der Waals surface area contributed by atoms with Gasteiger partial charge < -0.3 is 4.90 Å². The Hall–Kier alpha value is -0.650. The molecule has 1 fully saturated rings. The Morgan fingerprint density at radius 2 is 2.24 bits per heavy atom. The number of hydrogen-bond donors (Lipinski definition) is 0. The van der Waals surface area contributed by atoms with E-state index in [0.29, 0.717) is 18.3 Å². The Morgan fingerprint density at radius 3 is 2.53 bits per heavy atom. The molecule has 0 aromatic rings. The fraction of sp³-hybridized carbons (Fsp3) is 0.909. The molecule has 3 unspecified atom stereocenters. The van der Waals surface area contributed by atoms with Gasteiger partial charge in [-0.3, -0.25) is 14.9 Å². The van der Waals surface area contributed by atoms with Gasteiger partial charge in [-0.05, 0) is 5.92 Å². The van der Waals surface area contributed by atoms with Crippen molar-refractivity contribution in [2.75, 3.05) is 11.9 Å². The second-order valence-electron chi connectivity index (χ2n) is 4.94. The molecule has 0 aliphatic carbocycles. The predicted octanol–water partition coefficient (Wildman–Crippen LogP) is 1.92. The summed E-state index contributed by atoms with van der Waals surface area (Å²) in [6.07, 6.45) is 1.20. The summed E-state index contributed by atoms with van der Waals surface area (Å²) in [5.41, 5.74) is -1.02. The Morgan fingerprint density at radius 1 is 1.65 bits per heavy atom. The maximum atomic E-state index is 11.5. The van der Waals surface area contributed by atoms with Gasteiger partial charge in [-0.15, -0.1) is 0 Å². The van der Waals surface area contributed by atoms with E-state index in [0.717, 1.165) is 6.41 Å². The van der Waals surface area contributed by atoms with E-state index >= 15 is 0 Å². The van der Waals surface area contributed by atoms with E-state index in [2.05, 4.69) is 15.9 Å². The van der Waals surface area contributed by atoms with Crippen molar-refractivity contribution < 1.29 is 9.72 Å². The maximum absolute atomic E-state index is 11.5. The first-order valence-corrected chi connectivity index (χ1v) is 6.99. The molecule has 98 valence electrons. The SMILES string of the molecule is CCC1([N+](=O)[O-])C(CBr)CN(C=O)C1C(C)C. The summed E-state index contributed by atoms with van der Waals surface area (Å²) >= 11 is 3.35. The largest absolute Gasteiger partial charge is 0.334 e. The van der Waals surface area contributed by atoms with Crippen molar-refractivity contribution >= 4 is 22.3 Å². The van der Waals surface area contributed by atoms with Crippen molar-refractivity contribution in [3.05, 3.63) is 10.1 Å². The number of nitrogens with zero attached hydrogens (tertiary/aromatic N) is 2. The van der Waals surface area contributed by atoms with Gasteiger partial charge in [0.15, 0.2) is 0 Å². The van der Waals surface area contributed by atoms with Gasteiger partial charge in [-0.2, -0.15) is 0 Å². The van der Waals surface area contributed by atoms with Gasteiger partial charge in [-0.25, -0.2) is 0 Å². The van der Waals surface area contributed by atoms with Crippen LogP contribution in [-0.2, 0) is 4.79 Å². The van der Waals surface area contributed by atoms with Crippen LogP contribution in [0.1, 0.15) is 27.2 Å². The van der Waals surface area contributed by atoms with Crippen LogP contribution in [0.25, 0.3) is 0 Å². The lowest BCUT2D eigenvalue weighted by molar-refractivity contribution is -0.582. The van der Waals surface area contributed by atoms with Gasteiger partial charge in [0.1, 0.15) is 6.04 Å². The topological polar surface area (TPSA) is 63.5 Å². The van der Waals surface area contributed by atoms with Crippen molar-refractivity contribution in [3.8, 4) is 0 Å². The number of amides is 1. The van der Waals surface area contributed by atoms with Crippen molar-refractivity contribution in [1.82, 2.24) is 4.90 Å². The van der Waals surface area contributed by atoms with Crippen LogP contribution in [0.15, 0.2) is 0 Å². The molecule has 1 aliphatic rings. The normalized spacial score (nSPS) is 33.1. The molecule has 0 bridgehead atoms. The molecule has 0 aromatic carbocycles. The molecular formula is C11H19BrN2O3. The highest BCUT2D eigenvalue weighted by atomic mass is 79.9. The lowest BCUT2D eigenvalue weighted by Crippen LogP contribution is -2.55. The predicted molar refractivity (Wildman–Crippen MR) is 68.7 cm³/mol. The van der Waals surface area contributed by atoms with Crippen LogP contribution in [0.5, 0.6) is 0 Å². The van der Waals surface area contributed by atoms with Crippen molar-refractivity contribution in [2.45, 2.75) is 38.8 Å². The number of alkyl halides is 1. The molecule has 1 amide bonds. The lowest BCUT2D eigenvalue weighted by Gasteiger charge is -2.33. The minimum Gasteiger partial charge on any atom is -0.334 e. The summed E-state index contributed by atoms with van der Waals surface area (Å²) in [4.78, 5) is 24.1. The van der Waals surface area contributed by atoms with Gasteiger partial charge in [-0.1, -0.05) is 36.7 Å². The number of nitro groups is 1. The van der Waals surface area contributed by atoms with Crippen LogP contribution in [0, 0.1) is 22.0 Å². The number of rotatable bonds is 5. The van der Waals surface area contributed by atoms with Gasteiger partial charge in [0.05, 0.1) is 5.92 Å². The first-order chi connectivity index (χ1) is 7.95. The van der Waals surface area contributed by atoms with Crippen LogP contribution in [-0.4, -0.2) is 39.7 Å². The van der Waals surface area contributed by atoms with E-state index < -0.39 is 5.54 Å². The fourth-order valence-corrected chi connectivity index (χ4v) is 3.96. The molecule has 6 heteroatoms. The maximum Gasteiger partial charge on any atom is 0.247 e. The lowest BCUT2D eigenvalue weighted by atomic mass is 9.76. The molecule has 0 N–H and O–H groups in total. The van der Waals surface area contributed by atoms with Crippen molar-refractivity contribution in [2.24, 2.45) is 11.8 Å². The average molecular weight is 307 g/mol. The molecule has 5 nitrogen and oxygen atoms in total. The molecule has 0 radical (unpaired) electrons. The third kappa shape index (κ3) is 2.07. The third-order valence-electron chi connectivity index (χ3n) is 3.87. The zero-order valence-electron chi connectivity index (χ0n) is 10.4. The molecule has 1 aliphatic heterocycles. The van der Waals surface area contributed by atoms with Gasteiger partial charge in [0.25, 0.3) is 0 Å². The Balaban J connectivity index is 3.26. The van der Waals surface area contributed by atoms with Gasteiger partial charge in [0, 0.05) is 23.2 Å². The van der Waals surface area contributed by atoms with E-state index in [1.165, 1.54) is 0 Å². The molecule has 3 atom stereocenters. The zero-order chi connectivity index (χ0) is 13.2. The van der Waals surface area contributed by atoms with Crippen molar-refractivity contribution in [3.63, 3.8) is 0 Å². The molecule has 0 aromatic heterocycles. The molecule has 1 rings (SSSR count). The highest BCUT2D eigenvalue weighted by molar-refractivity contribution is 9.09. The Bertz CT molecular complexity index is 311. The van der Waals surface area contributed by atoms with E-state index in [9.17, 15) is 14.9 Å². The Labute approximate surface area is 110 Å². The number of carbonyl (C=O) groups excluding carboxylic acids is 1. The van der Waals surface area contributed by atoms with E-state index in [1.807, 2.05) is 20.8 Å². The van der Waals surface area contributed by atoms with Gasteiger partial charge in [0.2, 0.25) is 11.9 Å². The molecule has 1 saturated heterocycles. The molecular weight excluding hydrogens is 288 g/mol. The number of hydrogen-bond acceptors (Lipinski definition) is 3. The second-order valence-corrected chi connectivity index (χ2v) is 5.59. The van der Waals surface area contributed by atoms with Gasteiger partial charge >= 0.3 is 0 Å². The fourth-order valence-electron chi connectivity index (χ4n) is 3.19.